The summed E-state index contributed by atoms with van der Waals surface area (Å²) in [7, 11) is 0. The van der Waals surface area contributed by atoms with E-state index in [0.29, 0.717) is 12.5 Å². The molecule has 1 aromatic rings. The summed E-state index contributed by atoms with van der Waals surface area (Å²) in [4.78, 5) is 0. The fourth-order valence-electron chi connectivity index (χ4n) is 2.28. The van der Waals surface area contributed by atoms with Crippen LogP contribution in [0.4, 0.5) is 0 Å². The van der Waals surface area contributed by atoms with Gasteiger partial charge in [-0.25, -0.2) is 0 Å². The molecule has 3 heteroatoms. The molecule has 0 fully saturated rings. The van der Waals surface area contributed by atoms with Gasteiger partial charge in [0.1, 0.15) is 0 Å². The monoisotopic (exact) mass is 279 g/mol. The van der Waals surface area contributed by atoms with E-state index >= 15 is 0 Å². The van der Waals surface area contributed by atoms with Crippen molar-refractivity contribution in [3.05, 3.63) is 24.3 Å². The molecule has 114 valence electrons. The quantitative estimate of drug-likeness (QED) is 0.667. The van der Waals surface area contributed by atoms with E-state index in [4.69, 9.17) is 9.47 Å². The Kier molecular flexibility index (Phi) is 8.88. The summed E-state index contributed by atoms with van der Waals surface area (Å²) in [5.41, 5.74) is 0. The molecule has 0 bridgehead atoms. The number of hydrogen-bond acceptors (Lipinski definition) is 3. The van der Waals surface area contributed by atoms with Gasteiger partial charge < -0.3 is 14.8 Å². The number of para-hydroxylation sites is 2. The minimum Gasteiger partial charge on any atom is -0.490 e. The van der Waals surface area contributed by atoms with Gasteiger partial charge in [-0.2, -0.15) is 0 Å². The highest BCUT2D eigenvalue weighted by Crippen LogP contribution is 2.26. The smallest absolute Gasteiger partial charge is 0.161 e. The van der Waals surface area contributed by atoms with Crippen LogP contribution >= 0.6 is 0 Å². The van der Waals surface area contributed by atoms with Gasteiger partial charge in [-0.05, 0) is 50.9 Å². The molecule has 3 nitrogen and oxygen atoms in total. The summed E-state index contributed by atoms with van der Waals surface area (Å²) in [6.07, 6.45) is 3.57. The van der Waals surface area contributed by atoms with Gasteiger partial charge in [-0.1, -0.05) is 32.4 Å². The van der Waals surface area contributed by atoms with Crippen LogP contribution in [-0.4, -0.2) is 26.3 Å². The van der Waals surface area contributed by atoms with Crippen molar-refractivity contribution in [3.63, 3.8) is 0 Å². The second-order valence-electron chi connectivity index (χ2n) is 4.98. The van der Waals surface area contributed by atoms with Gasteiger partial charge >= 0.3 is 0 Å². The Bertz CT molecular complexity index is 355. The topological polar surface area (TPSA) is 30.5 Å². The maximum absolute atomic E-state index is 5.89. The molecule has 0 amide bonds. The number of rotatable bonds is 11. The molecule has 1 N–H and O–H groups in total. The maximum Gasteiger partial charge on any atom is 0.161 e. The summed E-state index contributed by atoms with van der Waals surface area (Å²) in [5.74, 6) is 2.39. The zero-order valence-corrected chi connectivity index (χ0v) is 13.2. The fourth-order valence-corrected chi connectivity index (χ4v) is 2.28. The molecule has 0 aliphatic carbocycles. The van der Waals surface area contributed by atoms with Crippen LogP contribution in [-0.2, 0) is 0 Å². The first-order valence-electron chi connectivity index (χ1n) is 7.87. The van der Waals surface area contributed by atoms with E-state index < -0.39 is 0 Å². The Morgan fingerprint density at radius 3 is 2.30 bits per heavy atom. The average molecular weight is 279 g/mol. The lowest BCUT2D eigenvalue weighted by atomic mass is 10.0. The van der Waals surface area contributed by atoms with Gasteiger partial charge in [-0.15, -0.1) is 0 Å². The highest BCUT2D eigenvalue weighted by atomic mass is 16.5. The zero-order chi connectivity index (χ0) is 14.6. The Labute approximate surface area is 123 Å². The minimum absolute atomic E-state index is 0.666. The second-order valence-corrected chi connectivity index (χ2v) is 4.98. The standard InChI is InChI=1S/C17H29NO2/c1-4-9-15(14-18-5-2)12-13-20-17-11-8-7-10-16(17)19-6-3/h7-8,10-11,15,18H,4-6,9,12-14H2,1-3H3. The van der Waals surface area contributed by atoms with Gasteiger partial charge in [0, 0.05) is 0 Å². The number of nitrogens with one attached hydrogen (secondary N) is 1. The van der Waals surface area contributed by atoms with Crippen molar-refractivity contribution in [1.82, 2.24) is 5.32 Å². The van der Waals surface area contributed by atoms with Gasteiger partial charge in [0.2, 0.25) is 0 Å². The summed E-state index contributed by atoms with van der Waals surface area (Å²) in [6.45, 7) is 9.92. The number of benzene rings is 1. The van der Waals surface area contributed by atoms with Crippen LogP contribution in [0, 0.1) is 5.92 Å². The number of hydrogen-bond donors (Lipinski definition) is 1. The summed E-state index contributed by atoms with van der Waals surface area (Å²) < 4.78 is 11.5. The molecule has 1 rings (SSSR count). The number of ether oxygens (including phenoxy) is 2. The molecule has 0 saturated heterocycles. The zero-order valence-electron chi connectivity index (χ0n) is 13.2. The molecule has 0 saturated carbocycles. The van der Waals surface area contributed by atoms with E-state index in [9.17, 15) is 0 Å². The van der Waals surface area contributed by atoms with Crippen LogP contribution in [0.15, 0.2) is 24.3 Å². The first-order valence-corrected chi connectivity index (χ1v) is 7.87. The van der Waals surface area contributed by atoms with E-state index in [1.807, 2.05) is 31.2 Å². The van der Waals surface area contributed by atoms with Crippen LogP contribution in [0.25, 0.3) is 0 Å². The van der Waals surface area contributed by atoms with Gasteiger partial charge in [0.15, 0.2) is 11.5 Å². The molecule has 1 atom stereocenters. The lowest BCUT2D eigenvalue weighted by molar-refractivity contribution is 0.248. The van der Waals surface area contributed by atoms with Crippen molar-refractivity contribution in [2.75, 3.05) is 26.3 Å². The molecule has 0 spiro atoms. The van der Waals surface area contributed by atoms with Crippen LogP contribution < -0.4 is 14.8 Å². The van der Waals surface area contributed by atoms with Crippen LogP contribution in [0.1, 0.15) is 40.0 Å². The molecule has 0 heterocycles. The van der Waals surface area contributed by atoms with Gasteiger partial charge in [-0.3, -0.25) is 0 Å². The van der Waals surface area contributed by atoms with E-state index in [2.05, 4.69) is 19.2 Å². The normalized spacial score (nSPS) is 12.2. The second kappa shape index (κ2) is 10.6. The Morgan fingerprint density at radius 2 is 1.70 bits per heavy atom. The van der Waals surface area contributed by atoms with Crippen molar-refractivity contribution >= 4 is 0 Å². The third-order valence-electron chi connectivity index (χ3n) is 3.31. The first kappa shape index (κ1) is 16.8. The molecule has 0 aliphatic heterocycles. The van der Waals surface area contributed by atoms with Crippen LogP contribution in [0.2, 0.25) is 0 Å². The summed E-state index contributed by atoms with van der Waals surface area (Å²) >= 11 is 0. The summed E-state index contributed by atoms with van der Waals surface area (Å²) in [6, 6.07) is 7.90. The molecule has 0 aromatic heterocycles. The predicted octanol–water partition coefficient (Wildman–Crippen LogP) is 3.88. The molecule has 0 radical (unpaired) electrons. The minimum atomic E-state index is 0.666. The lowest BCUT2D eigenvalue weighted by Gasteiger charge is -2.17. The third-order valence-corrected chi connectivity index (χ3v) is 3.31. The Balaban J connectivity index is 2.41. The Hall–Kier alpha value is -1.22. The van der Waals surface area contributed by atoms with Crippen molar-refractivity contribution in [3.8, 4) is 11.5 Å². The van der Waals surface area contributed by atoms with Gasteiger partial charge in [0.25, 0.3) is 0 Å². The van der Waals surface area contributed by atoms with E-state index in [0.717, 1.165) is 37.6 Å². The molecule has 1 aromatic carbocycles. The van der Waals surface area contributed by atoms with E-state index in [1.54, 1.807) is 0 Å². The van der Waals surface area contributed by atoms with Crippen LogP contribution in [0.5, 0.6) is 11.5 Å². The average Bonchev–Trinajstić information content (AvgIpc) is 2.47. The van der Waals surface area contributed by atoms with E-state index in [-0.39, 0.29) is 0 Å². The third kappa shape index (κ3) is 6.29. The molecule has 20 heavy (non-hydrogen) atoms. The highest BCUT2D eigenvalue weighted by Gasteiger charge is 2.09. The van der Waals surface area contributed by atoms with Gasteiger partial charge in [0.05, 0.1) is 13.2 Å². The summed E-state index contributed by atoms with van der Waals surface area (Å²) in [5, 5.41) is 3.43. The van der Waals surface area contributed by atoms with Crippen LogP contribution in [0.3, 0.4) is 0 Å². The fraction of sp³-hybridized carbons (Fsp3) is 0.647. The van der Waals surface area contributed by atoms with Crippen molar-refractivity contribution in [2.45, 2.75) is 40.0 Å². The maximum atomic E-state index is 5.89. The lowest BCUT2D eigenvalue weighted by Crippen LogP contribution is -2.24. The first-order chi connectivity index (χ1) is 9.81. The van der Waals surface area contributed by atoms with Crippen molar-refractivity contribution in [1.29, 1.82) is 0 Å². The van der Waals surface area contributed by atoms with Crippen molar-refractivity contribution in [2.24, 2.45) is 5.92 Å². The molecule has 1 unspecified atom stereocenters. The van der Waals surface area contributed by atoms with E-state index in [1.165, 1.54) is 12.8 Å². The largest absolute Gasteiger partial charge is 0.490 e. The molecule has 0 aliphatic rings. The van der Waals surface area contributed by atoms with Crippen molar-refractivity contribution < 1.29 is 9.47 Å². The Morgan fingerprint density at radius 1 is 1.00 bits per heavy atom. The molecular formula is C17H29NO2. The SMILES string of the molecule is CCCC(CCOc1ccccc1OCC)CNCC. The highest BCUT2D eigenvalue weighted by molar-refractivity contribution is 5.39. The molecular weight excluding hydrogens is 250 g/mol. The predicted molar refractivity (Wildman–Crippen MR) is 84.7 cm³/mol.